The van der Waals surface area contributed by atoms with Crippen molar-refractivity contribution in [3.8, 4) is 0 Å². The number of likely N-dealkylation sites (N-methyl/N-ethyl adjacent to an activating group) is 1. The minimum absolute atomic E-state index is 0.0926. The number of aliphatic hydroxyl groups is 5. The zero-order chi connectivity index (χ0) is 56.2. The number of hydrogen-bond acceptors (Lipinski definition) is 18. The van der Waals surface area contributed by atoms with Crippen LogP contribution in [0.2, 0.25) is 0 Å². The summed E-state index contributed by atoms with van der Waals surface area (Å²) in [7, 11) is 0.942. The number of cyclic esters (lactones) is 1. The molecule has 0 amide bonds. The standard InChI is InChI=1S/C37H67NO13.C12H26O4S.C3H6O2/c1-14-25-37(10,45)30(41)20(4)27(39)18(2)16-35(8,44)32(51-34-28(40)24(38(11)12)15-19(3)47-34)21(5)29(22(6)33(43)49-25)50-26-17-36(9,46-13)31(42)23(7)48-26;1-2-3-4-5-6-7-8-9-10-11-12-16-17(13,14)15;1-2-3(4)5/h18-26,28-32,34,40-42,44-45H,14-17H2,1-13H3;2-12H2,1H3,(H,13,14,15);2H2,1H3,(H,4,5)/t18-,19-,20+,21-,22-,23+,24+,25-,26+,28-,29+,30+,31+,32-,34+,35-,36-,37-;;/m1../s1. The predicted molar refractivity (Wildman–Crippen MR) is 274 cm³/mol. The summed E-state index contributed by atoms with van der Waals surface area (Å²) >= 11 is 0. The fraction of sp³-hybridized carbons (Fsp3) is 0.942. The normalized spacial score (nSPS) is 38.0. The van der Waals surface area contributed by atoms with Gasteiger partial charge in [0.2, 0.25) is 0 Å². The monoisotopic (exact) mass is 1070 g/mol. The first kappa shape index (κ1) is 69.1. The zero-order valence-corrected chi connectivity index (χ0v) is 47.7. The highest BCUT2D eigenvalue weighted by Gasteiger charge is 2.53. The second-order valence-electron chi connectivity index (χ2n) is 21.7. The lowest BCUT2D eigenvalue weighted by atomic mass is 9.74. The molecule has 21 heteroatoms. The van der Waals surface area contributed by atoms with Gasteiger partial charge in [0.05, 0.1) is 54.2 Å². The van der Waals surface area contributed by atoms with E-state index in [-0.39, 0.29) is 44.4 Å². The molecular weight excluding hydrogens is 975 g/mol. The van der Waals surface area contributed by atoms with Gasteiger partial charge in [-0.3, -0.25) is 18.9 Å². The molecule has 0 unspecified atom stereocenters. The second-order valence-corrected chi connectivity index (χ2v) is 22.7. The molecule has 0 aliphatic carbocycles. The van der Waals surface area contributed by atoms with Gasteiger partial charge >= 0.3 is 22.3 Å². The van der Waals surface area contributed by atoms with Crippen LogP contribution < -0.4 is 0 Å². The fourth-order valence-corrected chi connectivity index (χ4v) is 10.5. The Hall–Kier alpha value is -1.96. The molecule has 3 heterocycles. The number of methoxy groups -OCH3 is 1. The van der Waals surface area contributed by atoms with Crippen LogP contribution >= 0.6 is 0 Å². The van der Waals surface area contributed by atoms with Crippen LogP contribution in [0.15, 0.2) is 0 Å². The van der Waals surface area contributed by atoms with E-state index in [1.54, 1.807) is 48.5 Å². The minimum Gasteiger partial charge on any atom is -0.481 e. The topological polar surface area (TPSA) is 295 Å². The van der Waals surface area contributed by atoms with E-state index in [1.165, 1.54) is 72.8 Å². The molecule has 3 aliphatic heterocycles. The van der Waals surface area contributed by atoms with Crippen molar-refractivity contribution in [2.75, 3.05) is 27.8 Å². The molecule has 3 saturated heterocycles. The molecule has 18 atom stereocenters. The number of aliphatic hydroxyl groups excluding tert-OH is 3. The van der Waals surface area contributed by atoms with E-state index in [4.69, 9.17) is 38.1 Å². The van der Waals surface area contributed by atoms with Gasteiger partial charge in [0, 0.05) is 43.7 Å². The third-order valence-electron chi connectivity index (χ3n) is 14.9. The Morgan fingerprint density at radius 3 is 1.81 bits per heavy atom. The van der Waals surface area contributed by atoms with Crippen molar-refractivity contribution in [1.82, 2.24) is 4.90 Å². The van der Waals surface area contributed by atoms with Gasteiger partial charge < -0.3 is 64.0 Å². The minimum atomic E-state index is -4.23. The van der Waals surface area contributed by atoms with Crippen LogP contribution in [0.1, 0.15) is 179 Å². The molecule has 0 radical (unpaired) electrons. The lowest BCUT2D eigenvalue weighted by molar-refractivity contribution is -0.318. The number of unbranched alkanes of at least 4 members (excludes halogenated alkanes) is 9. The van der Waals surface area contributed by atoms with Crippen LogP contribution in [0, 0.1) is 23.7 Å². The van der Waals surface area contributed by atoms with E-state index >= 15 is 0 Å². The molecule has 0 spiro atoms. The molecule has 432 valence electrons. The number of Topliss-reactive ketones (excluding diaryl/α,β-unsaturated/α-hetero) is 1. The van der Waals surface area contributed by atoms with Gasteiger partial charge in [0.15, 0.2) is 12.6 Å². The third-order valence-corrected chi connectivity index (χ3v) is 15.3. The molecule has 3 rings (SSSR count). The molecule has 3 aliphatic rings. The molecule has 0 bridgehead atoms. The Morgan fingerprint density at radius 1 is 0.795 bits per heavy atom. The van der Waals surface area contributed by atoms with E-state index < -0.39 is 124 Å². The van der Waals surface area contributed by atoms with Crippen LogP contribution in [0.25, 0.3) is 0 Å². The summed E-state index contributed by atoms with van der Waals surface area (Å²) in [5, 5.41) is 65.3. The predicted octanol–water partition coefficient (Wildman–Crippen LogP) is 5.99. The van der Waals surface area contributed by atoms with Gasteiger partial charge in [-0.1, -0.05) is 99.3 Å². The lowest BCUT2D eigenvalue weighted by Crippen LogP contribution is -2.61. The maximum absolute atomic E-state index is 14.1. The Bertz CT molecular complexity index is 1720. The average Bonchev–Trinajstić information content (AvgIpc) is 3.31. The van der Waals surface area contributed by atoms with Crippen molar-refractivity contribution in [3.63, 3.8) is 0 Å². The Kier molecular flexibility index (Phi) is 30.3. The Morgan fingerprint density at radius 2 is 1.33 bits per heavy atom. The summed E-state index contributed by atoms with van der Waals surface area (Å²) in [6.07, 6.45) is 2.37. The van der Waals surface area contributed by atoms with Crippen LogP contribution in [0.5, 0.6) is 0 Å². The average molecular weight is 1070 g/mol. The van der Waals surface area contributed by atoms with Crippen molar-refractivity contribution in [2.24, 2.45) is 23.7 Å². The highest BCUT2D eigenvalue weighted by Crippen LogP contribution is 2.41. The van der Waals surface area contributed by atoms with Gasteiger partial charge in [-0.05, 0) is 81.3 Å². The number of carbonyl (C=O) groups is 3. The lowest BCUT2D eigenvalue weighted by Gasteiger charge is -2.49. The SMILES string of the molecule is CCC(=O)O.CCCCCCCCCCCCOS(=O)(=O)O.CC[C@H]1OC(=O)[C@H](C)[C@@H](O[C@H]2C[C@@](C)(OC)[C@@H](O)[C@H](C)O2)[C@@H](C)[C@@H](O[C@@H]2O[C@H](C)C[C@H](N(C)C)[C@H]2O)[C@](C)(O)C[C@@H](C)C(=O)[C@H](C)[C@H](O)[C@]1(C)O. The van der Waals surface area contributed by atoms with E-state index in [1.807, 2.05) is 25.9 Å². The summed E-state index contributed by atoms with van der Waals surface area (Å²) < 4.78 is 70.0. The highest BCUT2D eigenvalue weighted by molar-refractivity contribution is 7.80. The summed E-state index contributed by atoms with van der Waals surface area (Å²) in [5.74, 6) is -5.72. The molecular formula is C52H99NO19S. The largest absolute Gasteiger partial charge is 0.481 e. The highest BCUT2D eigenvalue weighted by atomic mass is 32.3. The number of aliphatic carboxylic acids is 1. The number of carbonyl (C=O) groups excluding carboxylic acids is 2. The zero-order valence-electron chi connectivity index (χ0n) is 46.9. The number of hydrogen-bond donors (Lipinski definition) is 7. The third kappa shape index (κ3) is 22.1. The quantitative estimate of drug-likeness (QED) is 0.0418. The van der Waals surface area contributed by atoms with Crippen LogP contribution in [-0.2, 0) is 57.4 Å². The van der Waals surface area contributed by atoms with Gasteiger partial charge in [-0.25, -0.2) is 4.18 Å². The smallest absolute Gasteiger partial charge is 0.397 e. The van der Waals surface area contributed by atoms with Crippen LogP contribution in [0.4, 0.5) is 0 Å². The molecule has 7 N–H and O–H groups in total. The number of carboxylic acid groups (broad SMARTS) is 1. The maximum Gasteiger partial charge on any atom is 0.397 e. The molecule has 3 fully saturated rings. The van der Waals surface area contributed by atoms with Crippen LogP contribution in [0.3, 0.4) is 0 Å². The number of esters is 1. The first-order chi connectivity index (χ1) is 33.8. The number of nitrogens with zero attached hydrogens (tertiary/aromatic N) is 1. The van der Waals surface area contributed by atoms with Crippen molar-refractivity contribution >= 4 is 28.1 Å². The Balaban J connectivity index is 0.00000101. The molecule has 73 heavy (non-hydrogen) atoms. The Labute approximate surface area is 437 Å². The summed E-state index contributed by atoms with van der Waals surface area (Å²) in [5.41, 5.74) is -4.84. The summed E-state index contributed by atoms with van der Waals surface area (Å²) in [6.45, 7) is 20.2. The maximum atomic E-state index is 14.1. The molecule has 0 aromatic rings. The van der Waals surface area contributed by atoms with Gasteiger partial charge in [-0.15, -0.1) is 0 Å². The fourth-order valence-electron chi connectivity index (χ4n) is 10.2. The van der Waals surface area contributed by atoms with E-state index in [0.29, 0.717) is 12.8 Å². The number of carboxylic acids is 1. The summed E-state index contributed by atoms with van der Waals surface area (Å²) in [4.78, 5) is 39.1. The first-order valence-electron chi connectivity index (χ1n) is 26.7. The molecule has 0 aromatic heterocycles. The van der Waals surface area contributed by atoms with Crippen LogP contribution in [-0.4, -0.2) is 178 Å². The summed E-state index contributed by atoms with van der Waals surface area (Å²) in [6, 6.07) is -0.324. The van der Waals surface area contributed by atoms with Gasteiger partial charge in [-0.2, -0.15) is 8.42 Å². The molecule has 0 saturated carbocycles. The molecule has 20 nitrogen and oxygen atoms in total. The van der Waals surface area contributed by atoms with Crippen molar-refractivity contribution in [2.45, 2.75) is 264 Å². The van der Waals surface area contributed by atoms with E-state index in [9.17, 15) is 48.3 Å². The number of ether oxygens (including phenoxy) is 6. The van der Waals surface area contributed by atoms with Crippen molar-refractivity contribution in [1.29, 1.82) is 0 Å². The first-order valence-corrected chi connectivity index (χ1v) is 28.0. The van der Waals surface area contributed by atoms with Crippen molar-refractivity contribution in [3.05, 3.63) is 0 Å². The van der Waals surface area contributed by atoms with Crippen molar-refractivity contribution < 1.29 is 90.6 Å². The second kappa shape index (κ2) is 32.1. The number of ketones is 1. The number of rotatable bonds is 20. The van der Waals surface area contributed by atoms with E-state index in [2.05, 4.69) is 11.1 Å². The van der Waals surface area contributed by atoms with E-state index in [0.717, 1.165) is 12.8 Å². The van der Waals surface area contributed by atoms with Gasteiger partial charge in [0.25, 0.3) is 0 Å². The van der Waals surface area contributed by atoms with Gasteiger partial charge in [0.1, 0.15) is 29.7 Å². The molecule has 0 aromatic carbocycles.